The van der Waals surface area contributed by atoms with Gasteiger partial charge in [0.2, 0.25) is 5.95 Å². The fraction of sp³-hybridized carbons (Fsp3) is 0.304. The molecule has 0 atom stereocenters. The summed E-state index contributed by atoms with van der Waals surface area (Å²) in [7, 11) is 0. The maximum atomic E-state index is 9.21. The van der Waals surface area contributed by atoms with E-state index in [2.05, 4.69) is 27.0 Å². The molecule has 8 heteroatoms. The number of rotatable bonds is 7. The molecular weight excluding hydrogens is 414 g/mol. The van der Waals surface area contributed by atoms with Gasteiger partial charge in [0.15, 0.2) is 11.6 Å². The van der Waals surface area contributed by atoms with Gasteiger partial charge in [-0.2, -0.15) is 4.98 Å². The number of aryl methyl sites for hydroxylation is 1. The van der Waals surface area contributed by atoms with Gasteiger partial charge >= 0.3 is 0 Å². The lowest BCUT2D eigenvalue weighted by atomic mass is 10.2. The SMILES string of the molecule is Cc1ccc(Nc2ncc(Oc3ccc(Cl)cc3)c(N3CCN(CCO)CC3)n2)cc1. The first-order valence-electron chi connectivity index (χ1n) is 10.3. The van der Waals surface area contributed by atoms with E-state index in [-0.39, 0.29) is 6.61 Å². The van der Waals surface area contributed by atoms with Crippen molar-refractivity contribution in [3.8, 4) is 11.5 Å². The van der Waals surface area contributed by atoms with Crippen LogP contribution in [0.5, 0.6) is 11.5 Å². The molecule has 0 spiro atoms. The minimum absolute atomic E-state index is 0.170. The Kier molecular flexibility index (Phi) is 6.86. The Morgan fingerprint density at radius 1 is 1.03 bits per heavy atom. The summed E-state index contributed by atoms with van der Waals surface area (Å²) in [4.78, 5) is 13.7. The number of aliphatic hydroxyl groups excluding tert-OH is 1. The van der Waals surface area contributed by atoms with Crippen LogP contribution in [0.15, 0.2) is 54.7 Å². The van der Waals surface area contributed by atoms with E-state index in [1.165, 1.54) is 5.56 Å². The third-order valence-corrected chi connectivity index (χ3v) is 5.43. The number of benzene rings is 2. The fourth-order valence-corrected chi connectivity index (χ4v) is 3.57. The summed E-state index contributed by atoms with van der Waals surface area (Å²) >= 11 is 6.00. The van der Waals surface area contributed by atoms with Crippen molar-refractivity contribution in [1.29, 1.82) is 0 Å². The Labute approximate surface area is 187 Å². The number of piperazine rings is 1. The van der Waals surface area contributed by atoms with Crippen molar-refractivity contribution in [2.45, 2.75) is 6.92 Å². The van der Waals surface area contributed by atoms with Crippen LogP contribution in [0.2, 0.25) is 5.02 Å². The molecule has 0 amide bonds. The predicted octanol–water partition coefficient (Wildman–Crippen LogP) is 4.09. The number of aromatic nitrogens is 2. The van der Waals surface area contributed by atoms with Gasteiger partial charge in [-0.05, 0) is 43.3 Å². The Morgan fingerprint density at radius 3 is 2.42 bits per heavy atom. The van der Waals surface area contributed by atoms with E-state index in [1.807, 2.05) is 36.4 Å². The number of aliphatic hydroxyl groups is 1. The molecule has 31 heavy (non-hydrogen) atoms. The molecule has 162 valence electrons. The lowest BCUT2D eigenvalue weighted by molar-refractivity contribution is 0.188. The molecule has 1 fully saturated rings. The molecule has 0 radical (unpaired) electrons. The summed E-state index contributed by atoms with van der Waals surface area (Å²) in [6.45, 7) is 6.19. The lowest BCUT2D eigenvalue weighted by Crippen LogP contribution is -2.47. The van der Waals surface area contributed by atoms with Crippen molar-refractivity contribution in [2.75, 3.05) is 49.5 Å². The van der Waals surface area contributed by atoms with Crippen LogP contribution < -0.4 is 15.0 Å². The Bertz CT molecular complexity index is 990. The highest BCUT2D eigenvalue weighted by Gasteiger charge is 2.22. The standard InChI is InChI=1S/C23H26ClN5O2/c1-17-2-6-19(7-3-17)26-23-25-16-21(31-20-8-4-18(24)5-9-20)22(27-23)29-12-10-28(11-13-29)14-15-30/h2-9,16,30H,10-15H2,1H3,(H,25,26,27). The highest BCUT2D eigenvalue weighted by Crippen LogP contribution is 2.32. The second-order valence-electron chi connectivity index (χ2n) is 7.48. The van der Waals surface area contributed by atoms with Gasteiger partial charge in [-0.1, -0.05) is 29.3 Å². The Morgan fingerprint density at radius 2 is 1.74 bits per heavy atom. The summed E-state index contributed by atoms with van der Waals surface area (Å²) in [5.74, 6) is 2.52. The van der Waals surface area contributed by atoms with E-state index in [1.54, 1.807) is 18.3 Å². The van der Waals surface area contributed by atoms with Crippen molar-refractivity contribution in [2.24, 2.45) is 0 Å². The van der Waals surface area contributed by atoms with Crippen molar-refractivity contribution in [3.63, 3.8) is 0 Å². The van der Waals surface area contributed by atoms with Gasteiger partial charge in [0.05, 0.1) is 12.8 Å². The maximum Gasteiger partial charge on any atom is 0.229 e. The number of hydrogen-bond acceptors (Lipinski definition) is 7. The lowest BCUT2D eigenvalue weighted by Gasteiger charge is -2.35. The zero-order valence-electron chi connectivity index (χ0n) is 17.5. The number of anilines is 3. The average Bonchev–Trinajstić information content (AvgIpc) is 2.79. The largest absolute Gasteiger partial charge is 0.452 e. The summed E-state index contributed by atoms with van der Waals surface area (Å²) in [5, 5.41) is 13.1. The smallest absolute Gasteiger partial charge is 0.229 e. The minimum Gasteiger partial charge on any atom is -0.452 e. The van der Waals surface area contributed by atoms with Crippen LogP contribution in [0.1, 0.15) is 5.56 Å². The van der Waals surface area contributed by atoms with E-state index < -0.39 is 0 Å². The van der Waals surface area contributed by atoms with Crippen molar-refractivity contribution in [3.05, 3.63) is 65.3 Å². The molecule has 1 aromatic heterocycles. The van der Waals surface area contributed by atoms with Crippen LogP contribution in [-0.4, -0.2) is 59.3 Å². The predicted molar refractivity (Wildman–Crippen MR) is 124 cm³/mol. The number of halogens is 1. The molecule has 2 aromatic carbocycles. The minimum atomic E-state index is 0.170. The number of hydrogen-bond donors (Lipinski definition) is 2. The number of nitrogens with zero attached hydrogens (tertiary/aromatic N) is 4. The number of β-amino-alcohol motifs (C(OH)–C–C–N with tert-alkyl or cyclic N) is 1. The molecule has 2 N–H and O–H groups in total. The Balaban J connectivity index is 1.58. The van der Waals surface area contributed by atoms with Crippen molar-refractivity contribution < 1.29 is 9.84 Å². The van der Waals surface area contributed by atoms with Crippen LogP contribution in [0, 0.1) is 6.92 Å². The third-order valence-electron chi connectivity index (χ3n) is 5.17. The van der Waals surface area contributed by atoms with Crippen molar-refractivity contribution in [1.82, 2.24) is 14.9 Å². The quantitative estimate of drug-likeness (QED) is 0.574. The van der Waals surface area contributed by atoms with Crippen LogP contribution in [0.3, 0.4) is 0 Å². The van der Waals surface area contributed by atoms with Gasteiger partial charge in [0.1, 0.15) is 5.75 Å². The number of nitrogens with one attached hydrogen (secondary N) is 1. The van der Waals surface area contributed by atoms with Gasteiger partial charge in [-0.15, -0.1) is 0 Å². The summed E-state index contributed by atoms with van der Waals surface area (Å²) in [6, 6.07) is 15.3. The first-order valence-corrected chi connectivity index (χ1v) is 10.7. The van der Waals surface area contributed by atoms with E-state index in [9.17, 15) is 5.11 Å². The van der Waals surface area contributed by atoms with Gasteiger partial charge < -0.3 is 20.1 Å². The van der Waals surface area contributed by atoms with E-state index in [0.717, 1.165) is 37.7 Å². The molecule has 0 saturated carbocycles. The van der Waals surface area contributed by atoms with Crippen molar-refractivity contribution >= 4 is 29.1 Å². The second-order valence-corrected chi connectivity index (χ2v) is 7.92. The molecule has 4 rings (SSSR count). The maximum absolute atomic E-state index is 9.21. The summed E-state index contributed by atoms with van der Waals surface area (Å²) < 4.78 is 6.11. The second kappa shape index (κ2) is 9.96. The monoisotopic (exact) mass is 439 g/mol. The molecular formula is C23H26ClN5O2. The topological polar surface area (TPSA) is 73.8 Å². The zero-order chi connectivity index (χ0) is 21.6. The molecule has 0 unspecified atom stereocenters. The van der Waals surface area contributed by atoms with Gasteiger partial charge in [0, 0.05) is 43.4 Å². The van der Waals surface area contributed by atoms with Crippen LogP contribution >= 0.6 is 11.6 Å². The van der Waals surface area contributed by atoms with Gasteiger partial charge in [-0.3, -0.25) is 4.90 Å². The number of ether oxygens (including phenoxy) is 1. The molecule has 1 saturated heterocycles. The summed E-state index contributed by atoms with van der Waals surface area (Å²) in [6.07, 6.45) is 1.70. The van der Waals surface area contributed by atoms with Crippen LogP contribution in [0.4, 0.5) is 17.5 Å². The first kappa shape index (κ1) is 21.4. The first-order chi connectivity index (χ1) is 15.1. The molecule has 0 aliphatic carbocycles. The Hall–Kier alpha value is -2.87. The zero-order valence-corrected chi connectivity index (χ0v) is 18.2. The van der Waals surface area contributed by atoms with Crippen LogP contribution in [-0.2, 0) is 0 Å². The molecule has 2 heterocycles. The normalized spacial score (nSPS) is 14.5. The third kappa shape index (κ3) is 5.64. The molecule has 0 bridgehead atoms. The van der Waals surface area contributed by atoms with E-state index in [0.29, 0.717) is 29.0 Å². The van der Waals surface area contributed by atoms with Gasteiger partial charge in [-0.25, -0.2) is 4.98 Å². The molecule has 1 aliphatic rings. The summed E-state index contributed by atoms with van der Waals surface area (Å²) in [5.41, 5.74) is 2.12. The van der Waals surface area contributed by atoms with E-state index >= 15 is 0 Å². The highest BCUT2D eigenvalue weighted by atomic mass is 35.5. The fourth-order valence-electron chi connectivity index (χ4n) is 3.44. The molecule has 1 aliphatic heterocycles. The van der Waals surface area contributed by atoms with Crippen LogP contribution in [0.25, 0.3) is 0 Å². The highest BCUT2D eigenvalue weighted by molar-refractivity contribution is 6.30. The molecule has 7 nitrogen and oxygen atoms in total. The van der Waals surface area contributed by atoms with E-state index in [4.69, 9.17) is 21.3 Å². The van der Waals surface area contributed by atoms with Gasteiger partial charge in [0.25, 0.3) is 0 Å². The molecule has 3 aromatic rings. The average molecular weight is 440 g/mol.